The molecular formula is C34H40ClFN4O4. The van der Waals surface area contributed by atoms with Gasteiger partial charge in [-0.25, -0.2) is 4.39 Å². The topological polar surface area (TPSA) is 83.1 Å². The summed E-state index contributed by atoms with van der Waals surface area (Å²) in [5.74, 6) is 0.423. The van der Waals surface area contributed by atoms with Crippen LogP contribution in [-0.4, -0.2) is 68.3 Å². The first-order valence-electron chi connectivity index (χ1n) is 15.3. The second-order valence-corrected chi connectivity index (χ2v) is 11.5. The maximum atomic E-state index is 14.1. The molecule has 0 unspecified atom stereocenters. The van der Waals surface area contributed by atoms with Crippen molar-refractivity contribution in [1.82, 2.24) is 15.5 Å². The van der Waals surface area contributed by atoms with Crippen molar-refractivity contribution in [2.45, 2.75) is 51.0 Å². The molecule has 1 aliphatic carbocycles. The summed E-state index contributed by atoms with van der Waals surface area (Å²) in [5, 5.41) is 6.75. The molecule has 2 fully saturated rings. The third kappa shape index (κ3) is 8.79. The zero-order valence-electron chi connectivity index (χ0n) is 24.9. The van der Waals surface area contributed by atoms with Gasteiger partial charge in [-0.2, -0.15) is 0 Å². The highest BCUT2D eigenvalue weighted by Crippen LogP contribution is 2.32. The Kier molecular flexibility index (Phi) is 11.6. The summed E-state index contributed by atoms with van der Waals surface area (Å²) >= 11 is 6.55. The number of hydrogen-bond acceptors (Lipinski definition) is 6. The normalized spacial score (nSPS) is 16.6. The molecule has 0 spiro atoms. The Hall–Kier alpha value is -3.50. The predicted octanol–water partition coefficient (Wildman–Crippen LogP) is 4.88. The smallest absolute Gasteiger partial charge is 0.247 e. The first-order chi connectivity index (χ1) is 21.5. The van der Waals surface area contributed by atoms with E-state index in [4.69, 9.17) is 21.1 Å². The second kappa shape index (κ2) is 16.0. The minimum Gasteiger partial charge on any atom is -0.494 e. The molecule has 1 heterocycles. The van der Waals surface area contributed by atoms with E-state index >= 15 is 0 Å². The lowest BCUT2D eigenvalue weighted by Crippen LogP contribution is -2.61. The van der Waals surface area contributed by atoms with Crippen LogP contribution in [0.5, 0.6) is 5.75 Å². The molecule has 234 valence electrons. The molecule has 0 bridgehead atoms. The van der Waals surface area contributed by atoms with E-state index in [1.54, 1.807) is 4.90 Å². The molecular weight excluding hydrogens is 583 g/mol. The van der Waals surface area contributed by atoms with E-state index in [0.717, 1.165) is 36.0 Å². The molecule has 44 heavy (non-hydrogen) atoms. The minimum absolute atomic E-state index is 0.109. The van der Waals surface area contributed by atoms with Crippen LogP contribution in [0.25, 0.3) is 0 Å². The zero-order chi connectivity index (χ0) is 30.7. The molecule has 10 heteroatoms. The maximum Gasteiger partial charge on any atom is 0.247 e. The van der Waals surface area contributed by atoms with Gasteiger partial charge in [0.15, 0.2) is 0 Å². The number of carbonyl (C=O) groups is 2. The van der Waals surface area contributed by atoms with Gasteiger partial charge in [0.2, 0.25) is 11.8 Å². The molecule has 3 aromatic carbocycles. The number of hydrogen-bond donors (Lipinski definition) is 2. The molecule has 5 rings (SSSR count). The van der Waals surface area contributed by atoms with Crippen molar-refractivity contribution in [2.24, 2.45) is 0 Å². The van der Waals surface area contributed by atoms with E-state index < -0.39 is 12.7 Å². The standard InChI is InChI=1S/C34H40ClFN4O4/c35-31-14-7-26(20-37-16-15-36)19-27(31)23-39(28-8-9-28)34(42)32-21-38-22-33(41)40(32)29-10-12-30(13-11-29)44-18-4-17-43-24-25-5-2-1-3-6-25/h1-3,5-7,10-14,19,28,32,37-38H,4,8-9,15-18,20-24H2/t32-/m1/s1. The van der Waals surface area contributed by atoms with Crippen LogP contribution in [0.15, 0.2) is 72.8 Å². The molecule has 1 atom stereocenters. The van der Waals surface area contributed by atoms with Gasteiger partial charge in [0.25, 0.3) is 0 Å². The molecule has 1 saturated carbocycles. The first kappa shape index (κ1) is 31.9. The Morgan fingerprint density at radius 3 is 2.59 bits per heavy atom. The molecule has 1 aliphatic heterocycles. The van der Waals surface area contributed by atoms with E-state index in [-0.39, 0.29) is 30.9 Å². The fourth-order valence-corrected chi connectivity index (χ4v) is 5.49. The fourth-order valence-electron chi connectivity index (χ4n) is 5.31. The Morgan fingerprint density at radius 1 is 1.05 bits per heavy atom. The molecule has 3 aromatic rings. The monoisotopic (exact) mass is 622 g/mol. The van der Waals surface area contributed by atoms with Crippen molar-refractivity contribution in [2.75, 3.05) is 44.4 Å². The largest absolute Gasteiger partial charge is 0.494 e. The summed E-state index contributed by atoms with van der Waals surface area (Å²) in [5.41, 5.74) is 3.60. The highest BCUT2D eigenvalue weighted by molar-refractivity contribution is 6.31. The quantitative estimate of drug-likeness (QED) is 0.222. The summed E-state index contributed by atoms with van der Waals surface area (Å²) in [6.45, 7) is 2.90. The van der Waals surface area contributed by atoms with Crippen LogP contribution in [0.1, 0.15) is 36.0 Å². The van der Waals surface area contributed by atoms with Crippen molar-refractivity contribution in [3.05, 3.63) is 94.5 Å². The second-order valence-electron chi connectivity index (χ2n) is 11.1. The van der Waals surface area contributed by atoms with Crippen LogP contribution in [0, 0.1) is 0 Å². The SMILES string of the molecule is O=C([C@H]1CNCC(=O)N1c1ccc(OCCCOCc2ccccc2)cc1)N(Cc1cc(CNCCF)ccc1Cl)C1CC1. The third-order valence-corrected chi connectivity index (χ3v) is 8.10. The Bertz CT molecular complexity index is 1370. The van der Waals surface area contributed by atoms with Gasteiger partial charge in [0.05, 0.1) is 26.4 Å². The Morgan fingerprint density at radius 2 is 1.84 bits per heavy atom. The fraction of sp³-hybridized carbons (Fsp3) is 0.412. The van der Waals surface area contributed by atoms with Crippen LogP contribution in [0.2, 0.25) is 5.02 Å². The highest BCUT2D eigenvalue weighted by atomic mass is 35.5. The number of alkyl halides is 1. The molecule has 8 nitrogen and oxygen atoms in total. The number of nitrogens with zero attached hydrogens (tertiary/aromatic N) is 2. The van der Waals surface area contributed by atoms with Gasteiger partial charge in [0, 0.05) is 49.4 Å². The lowest BCUT2D eigenvalue weighted by molar-refractivity contribution is -0.136. The third-order valence-electron chi connectivity index (χ3n) is 7.73. The average molecular weight is 623 g/mol. The van der Waals surface area contributed by atoms with E-state index in [9.17, 15) is 14.0 Å². The molecule has 2 N–H and O–H groups in total. The number of amides is 2. The van der Waals surface area contributed by atoms with Crippen LogP contribution >= 0.6 is 11.6 Å². The molecule has 2 aliphatic rings. The summed E-state index contributed by atoms with van der Waals surface area (Å²) in [4.78, 5) is 30.7. The summed E-state index contributed by atoms with van der Waals surface area (Å²) in [6.07, 6.45) is 2.58. The van der Waals surface area contributed by atoms with Gasteiger partial charge in [-0.05, 0) is 59.9 Å². The van der Waals surface area contributed by atoms with Gasteiger partial charge >= 0.3 is 0 Å². The Labute approximate surface area is 263 Å². The van der Waals surface area contributed by atoms with Gasteiger partial charge in [-0.15, -0.1) is 0 Å². The van der Waals surface area contributed by atoms with Gasteiger partial charge in [0.1, 0.15) is 18.5 Å². The zero-order valence-corrected chi connectivity index (χ0v) is 25.6. The van der Waals surface area contributed by atoms with Crippen LogP contribution in [-0.2, 0) is 34.0 Å². The lowest BCUT2D eigenvalue weighted by Gasteiger charge is -2.38. The summed E-state index contributed by atoms with van der Waals surface area (Å²) < 4.78 is 24.2. The minimum atomic E-state index is -0.682. The van der Waals surface area contributed by atoms with Crippen molar-refractivity contribution in [3.63, 3.8) is 0 Å². The first-order valence-corrected chi connectivity index (χ1v) is 15.6. The van der Waals surface area contributed by atoms with Gasteiger partial charge in [-0.3, -0.25) is 14.5 Å². The van der Waals surface area contributed by atoms with Crippen LogP contribution in [0.4, 0.5) is 10.1 Å². The number of rotatable bonds is 16. The number of benzene rings is 3. The van der Waals surface area contributed by atoms with E-state index in [2.05, 4.69) is 10.6 Å². The van der Waals surface area contributed by atoms with Crippen LogP contribution < -0.4 is 20.3 Å². The molecule has 1 saturated heterocycles. The predicted molar refractivity (Wildman–Crippen MR) is 170 cm³/mol. The van der Waals surface area contributed by atoms with Crippen molar-refractivity contribution in [1.29, 1.82) is 0 Å². The number of piperazine rings is 1. The number of ether oxygens (including phenoxy) is 2. The van der Waals surface area contributed by atoms with Crippen molar-refractivity contribution < 1.29 is 23.5 Å². The Balaban J connectivity index is 1.19. The van der Waals surface area contributed by atoms with Gasteiger partial charge in [-0.1, -0.05) is 54.1 Å². The maximum absolute atomic E-state index is 14.1. The van der Waals surface area contributed by atoms with Crippen LogP contribution in [0.3, 0.4) is 0 Å². The number of nitrogens with one attached hydrogen (secondary N) is 2. The van der Waals surface area contributed by atoms with Crippen molar-refractivity contribution >= 4 is 29.1 Å². The average Bonchev–Trinajstić information content (AvgIpc) is 3.89. The van der Waals surface area contributed by atoms with E-state index in [1.165, 1.54) is 0 Å². The summed E-state index contributed by atoms with van der Waals surface area (Å²) in [7, 11) is 0. The molecule has 0 radical (unpaired) electrons. The van der Waals surface area contributed by atoms with E-state index in [1.807, 2.05) is 77.7 Å². The number of anilines is 1. The molecule has 0 aromatic heterocycles. The van der Waals surface area contributed by atoms with Crippen molar-refractivity contribution in [3.8, 4) is 5.75 Å². The van der Waals surface area contributed by atoms with Gasteiger partial charge < -0.3 is 25.0 Å². The number of halogens is 2. The van der Waals surface area contributed by atoms with E-state index in [0.29, 0.717) is 55.9 Å². The lowest BCUT2D eigenvalue weighted by atomic mass is 10.1. The highest BCUT2D eigenvalue weighted by Gasteiger charge is 2.41. The number of carbonyl (C=O) groups excluding carboxylic acids is 2. The molecule has 2 amide bonds. The summed E-state index contributed by atoms with van der Waals surface area (Å²) in [6, 6.07) is 22.5.